The summed E-state index contributed by atoms with van der Waals surface area (Å²) in [5, 5.41) is 2.78. The Morgan fingerprint density at radius 1 is 1.31 bits per heavy atom. The number of halogens is 2. The number of hydrogen-bond donors (Lipinski definition) is 2. The van der Waals surface area contributed by atoms with E-state index in [0.29, 0.717) is 0 Å². The van der Waals surface area contributed by atoms with Gasteiger partial charge in [0.25, 0.3) is 0 Å². The fourth-order valence-corrected chi connectivity index (χ4v) is 1.42. The van der Waals surface area contributed by atoms with E-state index in [-0.39, 0.29) is 24.2 Å². The lowest BCUT2D eigenvalue weighted by Crippen LogP contribution is -2.39. The largest absolute Gasteiger partial charge is 0.325 e. The number of amides is 1. The van der Waals surface area contributed by atoms with Gasteiger partial charge >= 0.3 is 0 Å². The van der Waals surface area contributed by atoms with Gasteiger partial charge in [-0.2, -0.15) is 0 Å². The van der Waals surface area contributed by atoms with E-state index in [4.69, 9.17) is 5.73 Å². The zero-order valence-corrected chi connectivity index (χ0v) is 12.2. The Morgan fingerprint density at radius 3 is 2.25 bits per heavy atom. The molecule has 0 unspecified atom stereocenters. The predicted molar refractivity (Wildman–Crippen MR) is 77.9 cm³/mol. The van der Waals surface area contributed by atoms with Crippen LogP contribution >= 0.6 is 35.0 Å². The summed E-state index contributed by atoms with van der Waals surface area (Å²) in [6.45, 7) is 3.86. The van der Waals surface area contributed by atoms with Crippen LogP contribution in [0.1, 0.15) is 13.8 Å². The normalized spacial score (nSPS) is 11.8. The van der Waals surface area contributed by atoms with E-state index in [0.717, 1.165) is 9.26 Å². The number of carbonyl (C=O) groups excluding carboxylic acids is 1. The molecule has 1 rings (SSSR count). The lowest BCUT2D eigenvalue weighted by molar-refractivity contribution is -0.118. The molecule has 0 aromatic heterocycles. The highest BCUT2D eigenvalue weighted by molar-refractivity contribution is 14.1. The van der Waals surface area contributed by atoms with Gasteiger partial charge in [0, 0.05) is 9.26 Å². The van der Waals surface area contributed by atoms with E-state index >= 15 is 0 Å². The second-order valence-electron chi connectivity index (χ2n) is 3.77. The predicted octanol–water partition coefficient (Wildman–Crippen LogP) is 2.63. The first-order valence-corrected chi connectivity index (χ1v) is 5.90. The van der Waals surface area contributed by atoms with Crippen LogP contribution in [0.3, 0.4) is 0 Å². The van der Waals surface area contributed by atoms with Crippen molar-refractivity contribution in [2.45, 2.75) is 19.9 Å². The lowest BCUT2D eigenvalue weighted by atomic mass is 10.1. The summed E-state index contributed by atoms with van der Waals surface area (Å²) in [6.07, 6.45) is 0. The Bertz CT molecular complexity index is 340. The molecule has 0 saturated heterocycles. The van der Waals surface area contributed by atoms with Crippen molar-refractivity contribution in [2.24, 2.45) is 11.7 Å². The number of anilines is 1. The molecule has 0 saturated carbocycles. The summed E-state index contributed by atoms with van der Waals surface area (Å²) in [7, 11) is 0. The summed E-state index contributed by atoms with van der Waals surface area (Å²) in [6, 6.07) is 7.16. The minimum Gasteiger partial charge on any atom is -0.325 e. The third-order valence-electron chi connectivity index (χ3n) is 2.13. The van der Waals surface area contributed by atoms with E-state index in [1.807, 2.05) is 38.1 Å². The number of benzene rings is 1. The standard InChI is InChI=1S/C11H15IN2O.ClH/c1-7(2)10(13)11(15)14-9-5-3-8(12)4-6-9;/h3-7,10H,13H2,1-2H3,(H,14,15);1H/t10-;/m0./s1. The monoisotopic (exact) mass is 354 g/mol. The molecule has 3 N–H and O–H groups in total. The second-order valence-corrected chi connectivity index (χ2v) is 5.01. The van der Waals surface area contributed by atoms with Gasteiger partial charge in [-0.15, -0.1) is 12.4 Å². The van der Waals surface area contributed by atoms with Crippen molar-refractivity contribution in [1.29, 1.82) is 0 Å². The Balaban J connectivity index is 0.00000225. The highest BCUT2D eigenvalue weighted by Gasteiger charge is 2.16. The van der Waals surface area contributed by atoms with Crippen LogP contribution < -0.4 is 11.1 Å². The van der Waals surface area contributed by atoms with Crippen LogP contribution in [0, 0.1) is 9.49 Å². The molecule has 16 heavy (non-hydrogen) atoms. The Hall–Kier alpha value is -0.330. The first-order valence-electron chi connectivity index (χ1n) is 4.82. The molecule has 5 heteroatoms. The van der Waals surface area contributed by atoms with Crippen LogP contribution in [-0.4, -0.2) is 11.9 Å². The van der Waals surface area contributed by atoms with Gasteiger partial charge in [-0.25, -0.2) is 0 Å². The fraction of sp³-hybridized carbons (Fsp3) is 0.364. The maximum Gasteiger partial charge on any atom is 0.241 e. The molecule has 1 amide bonds. The van der Waals surface area contributed by atoms with Crippen LogP contribution in [-0.2, 0) is 4.79 Å². The Morgan fingerprint density at radius 2 is 1.81 bits per heavy atom. The summed E-state index contributed by atoms with van der Waals surface area (Å²) < 4.78 is 1.14. The van der Waals surface area contributed by atoms with E-state index in [2.05, 4.69) is 27.9 Å². The molecule has 0 aliphatic rings. The zero-order chi connectivity index (χ0) is 11.4. The molecule has 90 valence electrons. The van der Waals surface area contributed by atoms with E-state index in [1.165, 1.54) is 0 Å². The maximum absolute atomic E-state index is 11.6. The quantitative estimate of drug-likeness (QED) is 0.820. The lowest BCUT2D eigenvalue weighted by Gasteiger charge is -2.15. The van der Waals surface area contributed by atoms with Crippen LogP contribution in [0.4, 0.5) is 5.69 Å². The molecule has 3 nitrogen and oxygen atoms in total. The smallest absolute Gasteiger partial charge is 0.241 e. The summed E-state index contributed by atoms with van der Waals surface area (Å²) in [4.78, 5) is 11.6. The number of rotatable bonds is 3. The number of hydrogen-bond acceptors (Lipinski definition) is 2. The third-order valence-corrected chi connectivity index (χ3v) is 2.85. The highest BCUT2D eigenvalue weighted by Crippen LogP contribution is 2.12. The van der Waals surface area contributed by atoms with Crippen LogP contribution in [0.15, 0.2) is 24.3 Å². The second kappa shape index (κ2) is 7.09. The van der Waals surface area contributed by atoms with E-state index in [1.54, 1.807) is 0 Å². The van der Waals surface area contributed by atoms with Crippen molar-refractivity contribution in [2.75, 3.05) is 5.32 Å². The SMILES string of the molecule is CC(C)[C@H](N)C(=O)Nc1ccc(I)cc1.Cl. The molecule has 0 aliphatic heterocycles. The minimum absolute atomic E-state index is 0. The van der Waals surface area contributed by atoms with E-state index < -0.39 is 6.04 Å². The van der Waals surface area contributed by atoms with Gasteiger partial charge in [0.1, 0.15) is 0 Å². The summed E-state index contributed by atoms with van der Waals surface area (Å²) in [5.74, 6) is 0.0139. The molecule has 0 heterocycles. The first kappa shape index (κ1) is 15.7. The van der Waals surface area contributed by atoms with Crippen molar-refractivity contribution >= 4 is 46.6 Å². The van der Waals surface area contributed by atoms with Crippen LogP contribution in [0.2, 0.25) is 0 Å². The van der Waals surface area contributed by atoms with Gasteiger partial charge in [-0.05, 0) is 52.8 Å². The topological polar surface area (TPSA) is 55.1 Å². The Labute approximate surface area is 116 Å². The summed E-state index contributed by atoms with van der Waals surface area (Å²) in [5.41, 5.74) is 6.51. The Kier molecular flexibility index (Phi) is 6.94. The molecule has 1 aromatic carbocycles. The van der Waals surface area contributed by atoms with Crippen molar-refractivity contribution < 1.29 is 4.79 Å². The van der Waals surface area contributed by atoms with Gasteiger partial charge in [0.15, 0.2) is 0 Å². The molecular weight excluding hydrogens is 338 g/mol. The van der Waals surface area contributed by atoms with Crippen molar-refractivity contribution in [3.05, 3.63) is 27.8 Å². The zero-order valence-electron chi connectivity index (χ0n) is 9.24. The third kappa shape index (κ3) is 4.67. The number of nitrogens with two attached hydrogens (primary N) is 1. The number of nitrogens with one attached hydrogen (secondary N) is 1. The minimum atomic E-state index is -0.454. The molecule has 1 atom stereocenters. The number of carbonyl (C=O) groups is 1. The molecule has 1 aromatic rings. The summed E-state index contributed by atoms with van der Waals surface area (Å²) >= 11 is 2.22. The maximum atomic E-state index is 11.6. The van der Waals surface area contributed by atoms with Crippen LogP contribution in [0.5, 0.6) is 0 Å². The van der Waals surface area contributed by atoms with Gasteiger partial charge < -0.3 is 11.1 Å². The molecule has 0 bridgehead atoms. The average molecular weight is 355 g/mol. The molecule has 0 spiro atoms. The fourth-order valence-electron chi connectivity index (χ4n) is 1.06. The van der Waals surface area contributed by atoms with Crippen molar-refractivity contribution in [3.63, 3.8) is 0 Å². The first-order chi connectivity index (χ1) is 7.00. The molecule has 0 fully saturated rings. The van der Waals surface area contributed by atoms with Gasteiger partial charge in [0.05, 0.1) is 6.04 Å². The van der Waals surface area contributed by atoms with Gasteiger partial charge in [0.2, 0.25) is 5.91 Å². The van der Waals surface area contributed by atoms with E-state index in [9.17, 15) is 4.79 Å². The van der Waals surface area contributed by atoms with Crippen LogP contribution in [0.25, 0.3) is 0 Å². The highest BCUT2D eigenvalue weighted by atomic mass is 127. The van der Waals surface area contributed by atoms with Crippen molar-refractivity contribution in [3.8, 4) is 0 Å². The van der Waals surface area contributed by atoms with Gasteiger partial charge in [-0.1, -0.05) is 13.8 Å². The molecular formula is C11H16ClIN2O. The van der Waals surface area contributed by atoms with Gasteiger partial charge in [-0.3, -0.25) is 4.79 Å². The molecule has 0 aliphatic carbocycles. The molecule has 0 radical (unpaired) electrons. The van der Waals surface area contributed by atoms with Crippen molar-refractivity contribution in [1.82, 2.24) is 0 Å². The average Bonchev–Trinajstić information content (AvgIpc) is 2.20.